The highest BCUT2D eigenvalue weighted by Crippen LogP contribution is 2.35. The molecule has 0 bridgehead atoms. The average molecular weight is 357 g/mol. The lowest BCUT2D eigenvalue weighted by atomic mass is 10.3. The maximum absolute atomic E-state index is 5.72. The van der Waals surface area contributed by atoms with Crippen LogP contribution in [0.5, 0.6) is 0 Å². The summed E-state index contributed by atoms with van der Waals surface area (Å²) < 4.78 is 11.4. The first kappa shape index (κ1) is 15.0. The number of hydrogen-bond acceptors (Lipinski definition) is 9. The van der Waals surface area contributed by atoms with E-state index in [0.717, 1.165) is 10.4 Å². The normalized spacial score (nSPS) is 12.4. The summed E-state index contributed by atoms with van der Waals surface area (Å²) in [6, 6.07) is 7.57. The highest BCUT2D eigenvalue weighted by molar-refractivity contribution is 7.99. The van der Waals surface area contributed by atoms with Gasteiger partial charge in [0.25, 0.3) is 11.1 Å². The van der Waals surface area contributed by atoms with Gasteiger partial charge in [-0.2, -0.15) is 0 Å². The van der Waals surface area contributed by atoms with Gasteiger partial charge in [-0.25, -0.2) is 0 Å². The molecule has 0 saturated carbocycles. The molecule has 0 aliphatic carbocycles. The molecule has 0 fully saturated rings. The SMILES string of the molecule is C[C@H](Sc1nnc(-c2cccnc2)o1)c1nnc(-c2cccs2)o1. The van der Waals surface area contributed by atoms with Crippen molar-refractivity contribution in [3.05, 3.63) is 47.9 Å². The third-order valence-electron chi connectivity index (χ3n) is 3.11. The van der Waals surface area contributed by atoms with Crippen LogP contribution >= 0.6 is 23.1 Å². The first-order chi connectivity index (χ1) is 11.8. The summed E-state index contributed by atoms with van der Waals surface area (Å²) in [5, 5.41) is 18.6. The topological polar surface area (TPSA) is 90.7 Å². The summed E-state index contributed by atoms with van der Waals surface area (Å²) in [6.45, 7) is 1.95. The fourth-order valence-electron chi connectivity index (χ4n) is 1.96. The predicted octanol–water partition coefficient (Wildman–Crippen LogP) is 4.10. The van der Waals surface area contributed by atoms with Gasteiger partial charge in [-0.15, -0.1) is 31.7 Å². The number of thioether (sulfide) groups is 1. The molecule has 9 heteroatoms. The van der Waals surface area contributed by atoms with E-state index in [1.54, 1.807) is 23.7 Å². The molecule has 4 aromatic rings. The second-order valence-corrected chi connectivity index (χ2v) is 7.04. The third-order valence-corrected chi connectivity index (χ3v) is 4.89. The largest absolute Gasteiger partial charge is 0.419 e. The molecule has 0 unspecified atom stereocenters. The van der Waals surface area contributed by atoms with Crippen LogP contribution in [0.4, 0.5) is 0 Å². The molecule has 24 heavy (non-hydrogen) atoms. The van der Waals surface area contributed by atoms with E-state index in [1.807, 2.05) is 36.6 Å². The molecular formula is C15H11N5O2S2. The summed E-state index contributed by atoms with van der Waals surface area (Å²) in [6.07, 6.45) is 3.37. The van der Waals surface area contributed by atoms with Crippen LogP contribution in [0.3, 0.4) is 0 Å². The van der Waals surface area contributed by atoms with E-state index in [1.165, 1.54) is 11.8 Å². The number of pyridine rings is 1. The van der Waals surface area contributed by atoms with Gasteiger partial charge in [0.2, 0.25) is 11.8 Å². The van der Waals surface area contributed by atoms with Gasteiger partial charge in [0.15, 0.2) is 0 Å². The maximum Gasteiger partial charge on any atom is 0.277 e. The van der Waals surface area contributed by atoms with Crippen LogP contribution in [0.15, 0.2) is 56.1 Å². The average Bonchev–Trinajstić information content (AvgIpc) is 3.36. The highest BCUT2D eigenvalue weighted by atomic mass is 32.2. The second kappa shape index (κ2) is 6.54. The van der Waals surface area contributed by atoms with E-state index in [0.29, 0.717) is 22.9 Å². The standard InChI is InChI=1S/C15H11N5O2S2/c1-9(12-17-19-14(21-12)11-5-3-7-23-11)24-15-20-18-13(22-15)10-4-2-6-16-8-10/h2-9H,1H3/t9-/m0/s1. The molecule has 0 saturated heterocycles. The van der Waals surface area contributed by atoms with E-state index in [2.05, 4.69) is 25.4 Å². The minimum absolute atomic E-state index is 0.103. The van der Waals surface area contributed by atoms with Gasteiger partial charge in [0.1, 0.15) is 0 Å². The number of rotatable bonds is 5. The second-order valence-electron chi connectivity index (χ2n) is 4.80. The number of nitrogens with zero attached hydrogens (tertiary/aromatic N) is 5. The summed E-state index contributed by atoms with van der Waals surface area (Å²) in [7, 11) is 0. The van der Waals surface area contributed by atoms with Crippen molar-refractivity contribution in [2.45, 2.75) is 17.4 Å². The van der Waals surface area contributed by atoms with Gasteiger partial charge in [-0.1, -0.05) is 17.8 Å². The van der Waals surface area contributed by atoms with Crippen molar-refractivity contribution in [2.24, 2.45) is 0 Å². The van der Waals surface area contributed by atoms with Crippen LogP contribution in [0.1, 0.15) is 18.1 Å². The molecule has 4 aromatic heterocycles. The monoisotopic (exact) mass is 357 g/mol. The minimum Gasteiger partial charge on any atom is -0.419 e. The van der Waals surface area contributed by atoms with Crippen LogP contribution in [0.25, 0.3) is 22.2 Å². The van der Waals surface area contributed by atoms with Crippen LogP contribution in [-0.4, -0.2) is 25.4 Å². The number of thiophene rings is 1. The molecule has 4 heterocycles. The Balaban J connectivity index is 1.49. The van der Waals surface area contributed by atoms with Crippen LogP contribution < -0.4 is 0 Å². The first-order valence-electron chi connectivity index (χ1n) is 7.07. The molecule has 0 aromatic carbocycles. The molecule has 1 atom stereocenters. The van der Waals surface area contributed by atoms with E-state index in [9.17, 15) is 0 Å². The van der Waals surface area contributed by atoms with Crippen molar-refractivity contribution >= 4 is 23.1 Å². The zero-order valence-corrected chi connectivity index (χ0v) is 14.1. The molecule has 0 spiro atoms. The zero-order chi connectivity index (χ0) is 16.4. The lowest BCUT2D eigenvalue weighted by Gasteiger charge is -2.01. The Morgan fingerprint density at radius 1 is 1.04 bits per heavy atom. The van der Waals surface area contributed by atoms with E-state index in [4.69, 9.17) is 8.83 Å². The predicted molar refractivity (Wildman–Crippen MR) is 89.4 cm³/mol. The van der Waals surface area contributed by atoms with Crippen LogP contribution in [-0.2, 0) is 0 Å². The fraction of sp³-hybridized carbons (Fsp3) is 0.133. The Kier molecular flexibility index (Phi) is 4.09. The third kappa shape index (κ3) is 3.08. The van der Waals surface area contributed by atoms with Crippen molar-refractivity contribution in [1.82, 2.24) is 25.4 Å². The molecule has 4 rings (SSSR count). The molecule has 0 amide bonds. The number of hydrogen-bond donors (Lipinski definition) is 0. The van der Waals surface area contributed by atoms with Gasteiger partial charge >= 0.3 is 0 Å². The van der Waals surface area contributed by atoms with Gasteiger partial charge in [-0.05, 0) is 30.5 Å². The molecule has 0 N–H and O–H groups in total. The summed E-state index contributed by atoms with van der Waals surface area (Å²) in [4.78, 5) is 4.99. The Labute approximate surface area is 145 Å². The lowest BCUT2D eigenvalue weighted by molar-refractivity contribution is 0.461. The van der Waals surface area contributed by atoms with E-state index >= 15 is 0 Å². The Morgan fingerprint density at radius 2 is 1.96 bits per heavy atom. The van der Waals surface area contributed by atoms with Crippen molar-refractivity contribution in [2.75, 3.05) is 0 Å². The Morgan fingerprint density at radius 3 is 2.75 bits per heavy atom. The molecule has 7 nitrogen and oxygen atoms in total. The minimum atomic E-state index is -0.103. The van der Waals surface area contributed by atoms with Crippen molar-refractivity contribution in [3.8, 4) is 22.2 Å². The van der Waals surface area contributed by atoms with Gasteiger partial charge in [0.05, 0.1) is 15.7 Å². The van der Waals surface area contributed by atoms with Crippen LogP contribution in [0.2, 0.25) is 0 Å². The first-order valence-corrected chi connectivity index (χ1v) is 8.83. The highest BCUT2D eigenvalue weighted by Gasteiger charge is 2.20. The van der Waals surface area contributed by atoms with Gasteiger partial charge < -0.3 is 8.83 Å². The fourth-order valence-corrected chi connectivity index (χ4v) is 3.32. The zero-order valence-electron chi connectivity index (χ0n) is 12.5. The summed E-state index contributed by atoms with van der Waals surface area (Å²) in [5.74, 6) is 1.47. The maximum atomic E-state index is 5.72. The van der Waals surface area contributed by atoms with Crippen LogP contribution in [0, 0.1) is 0 Å². The quantitative estimate of drug-likeness (QED) is 0.493. The smallest absolute Gasteiger partial charge is 0.277 e. The van der Waals surface area contributed by atoms with E-state index < -0.39 is 0 Å². The summed E-state index contributed by atoms with van der Waals surface area (Å²) in [5.41, 5.74) is 0.780. The Bertz CT molecular complexity index is 920. The van der Waals surface area contributed by atoms with E-state index in [-0.39, 0.29) is 5.25 Å². The van der Waals surface area contributed by atoms with Crippen molar-refractivity contribution in [1.29, 1.82) is 0 Å². The Hall–Kier alpha value is -2.52. The number of aromatic nitrogens is 5. The molecular weight excluding hydrogens is 346 g/mol. The lowest BCUT2D eigenvalue weighted by Crippen LogP contribution is -1.88. The molecule has 0 aliphatic rings. The summed E-state index contributed by atoms with van der Waals surface area (Å²) >= 11 is 2.93. The van der Waals surface area contributed by atoms with Crippen molar-refractivity contribution in [3.63, 3.8) is 0 Å². The van der Waals surface area contributed by atoms with Gasteiger partial charge in [-0.3, -0.25) is 4.98 Å². The molecule has 120 valence electrons. The molecule has 0 radical (unpaired) electrons. The van der Waals surface area contributed by atoms with Crippen molar-refractivity contribution < 1.29 is 8.83 Å². The molecule has 0 aliphatic heterocycles. The van der Waals surface area contributed by atoms with Gasteiger partial charge in [0, 0.05) is 12.4 Å².